The summed E-state index contributed by atoms with van der Waals surface area (Å²) in [5, 5.41) is 5.22. The van der Waals surface area contributed by atoms with Crippen LogP contribution in [0.5, 0.6) is 0 Å². The predicted octanol–water partition coefficient (Wildman–Crippen LogP) is 9.77. The van der Waals surface area contributed by atoms with E-state index in [4.69, 9.17) is 33.2 Å². The smallest absolute Gasteiger partial charge is 0.0967 e. The summed E-state index contributed by atoms with van der Waals surface area (Å²) in [6.07, 6.45) is 3.94. The Bertz CT molecular complexity index is 1400. The molecule has 0 saturated heterocycles. The molecule has 0 N–H and O–H groups in total. The van der Waals surface area contributed by atoms with Gasteiger partial charge in [0.2, 0.25) is 0 Å². The molecular formula is C33H30Cl2N2. The van der Waals surface area contributed by atoms with Crippen molar-refractivity contribution in [3.8, 4) is 0 Å². The van der Waals surface area contributed by atoms with E-state index in [-0.39, 0.29) is 17.4 Å². The first-order chi connectivity index (χ1) is 18.1. The number of hydrogen-bond acceptors (Lipinski definition) is 2. The first-order valence-electron chi connectivity index (χ1n) is 12.3. The highest BCUT2D eigenvalue weighted by Gasteiger charge is 2.08. The SMILES string of the molecule is C[C@H](N=Cc1cccc(C=N[C@@H](C)c2cccc3ccccc23)c1)c1cccc2ccccc12.ClCCl. The molecule has 0 spiro atoms. The van der Waals surface area contributed by atoms with Crippen LogP contribution < -0.4 is 0 Å². The molecule has 5 aromatic rings. The van der Waals surface area contributed by atoms with Crippen molar-refractivity contribution in [1.82, 2.24) is 0 Å². The number of alkyl halides is 2. The number of benzene rings is 5. The summed E-state index contributed by atoms with van der Waals surface area (Å²) in [5.41, 5.74) is 4.65. The monoisotopic (exact) mass is 524 g/mol. The molecule has 0 aromatic heterocycles. The first-order valence-corrected chi connectivity index (χ1v) is 13.4. The summed E-state index contributed by atoms with van der Waals surface area (Å²) in [7, 11) is 0. The summed E-state index contributed by atoms with van der Waals surface area (Å²) in [6.45, 7) is 4.30. The van der Waals surface area contributed by atoms with Gasteiger partial charge in [-0.05, 0) is 63.7 Å². The van der Waals surface area contributed by atoms with Gasteiger partial charge < -0.3 is 0 Å². The van der Waals surface area contributed by atoms with Gasteiger partial charge in [0.1, 0.15) is 0 Å². The molecule has 0 unspecified atom stereocenters. The van der Waals surface area contributed by atoms with E-state index in [1.165, 1.54) is 32.7 Å². The van der Waals surface area contributed by atoms with Crippen LogP contribution in [0.25, 0.3) is 21.5 Å². The molecule has 0 amide bonds. The summed E-state index contributed by atoms with van der Waals surface area (Å²) in [4.78, 5) is 9.73. The van der Waals surface area contributed by atoms with Gasteiger partial charge in [0.25, 0.3) is 0 Å². The molecule has 0 radical (unpaired) electrons. The van der Waals surface area contributed by atoms with Crippen molar-refractivity contribution in [3.63, 3.8) is 0 Å². The summed E-state index contributed by atoms with van der Waals surface area (Å²) in [5.74, 6) is 0. The van der Waals surface area contributed by atoms with E-state index in [1.807, 2.05) is 12.4 Å². The van der Waals surface area contributed by atoms with Gasteiger partial charge in [-0.3, -0.25) is 9.98 Å². The Hall–Kier alpha value is -3.46. The molecule has 186 valence electrons. The van der Waals surface area contributed by atoms with Gasteiger partial charge in [0.05, 0.1) is 17.4 Å². The van der Waals surface area contributed by atoms with E-state index < -0.39 is 0 Å². The van der Waals surface area contributed by atoms with E-state index >= 15 is 0 Å². The Morgan fingerprint density at radius 3 is 1.41 bits per heavy atom. The fourth-order valence-corrected chi connectivity index (χ4v) is 4.51. The topological polar surface area (TPSA) is 24.7 Å². The van der Waals surface area contributed by atoms with Crippen LogP contribution in [0.2, 0.25) is 0 Å². The zero-order chi connectivity index (χ0) is 26.0. The van der Waals surface area contributed by atoms with Gasteiger partial charge in [-0.15, -0.1) is 23.2 Å². The molecule has 5 rings (SSSR count). The van der Waals surface area contributed by atoms with E-state index in [0.29, 0.717) is 0 Å². The minimum atomic E-state index is 0.0785. The molecule has 0 heterocycles. The second-order valence-electron chi connectivity index (χ2n) is 8.82. The Morgan fingerprint density at radius 2 is 0.946 bits per heavy atom. The van der Waals surface area contributed by atoms with Gasteiger partial charge in [0, 0.05) is 12.4 Å². The van der Waals surface area contributed by atoms with Gasteiger partial charge in [0.15, 0.2) is 0 Å². The molecule has 0 aliphatic carbocycles. The number of aliphatic imine (C=N–C) groups is 2. The van der Waals surface area contributed by atoms with E-state index in [9.17, 15) is 0 Å². The quantitative estimate of drug-likeness (QED) is 0.156. The first kappa shape index (κ1) is 26.6. The van der Waals surface area contributed by atoms with Crippen LogP contribution in [0, 0.1) is 0 Å². The summed E-state index contributed by atoms with van der Waals surface area (Å²) >= 11 is 9.53. The molecule has 2 nitrogen and oxygen atoms in total. The number of halogens is 2. The van der Waals surface area contributed by atoms with Gasteiger partial charge in [-0.2, -0.15) is 0 Å². The minimum Gasteiger partial charge on any atom is -0.285 e. The largest absolute Gasteiger partial charge is 0.285 e. The molecule has 2 atom stereocenters. The molecule has 0 bridgehead atoms. The normalized spacial score (nSPS) is 13.1. The number of nitrogens with zero attached hydrogens (tertiary/aromatic N) is 2. The maximum Gasteiger partial charge on any atom is 0.0967 e. The molecule has 0 fully saturated rings. The molecule has 0 aliphatic rings. The van der Waals surface area contributed by atoms with Crippen molar-refractivity contribution < 1.29 is 0 Å². The average molecular weight is 526 g/mol. The van der Waals surface area contributed by atoms with Gasteiger partial charge in [-0.1, -0.05) is 103 Å². The fraction of sp³-hybridized carbons (Fsp3) is 0.152. The van der Waals surface area contributed by atoms with Crippen molar-refractivity contribution in [1.29, 1.82) is 0 Å². The summed E-state index contributed by atoms with van der Waals surface area (Å²) in [6, 6.07) is 38.4. The highest BCUT2D eigenvalue weighted by molar-refractivity contribution is 6.40. The predicted molar refractivity (Wildman–Crippen MR) is 163 cm³/mol. The third kappa shape index (κ3) is 6.85. The zero-order valence-corrected chi connectivity index (χ0v) is 22.6. The number of fused-ring (bicyclic) bond motifs is 2. The lowest BCUT2D eigenvalue weighted by molar-refractivity contribution is 0.833. The molecular weight excluding hydrogens is 495 g/mol. The summed E-state index contributed by atoms with van der Waals surface area (Å²) < 4.78 is 0. The second kappa shape index (κ2) is 13.2. The third-order valence-corrected chi connectivity index (χ3v) is 6.35. The molecule has 4 heteroatoms. The van der Waals surface area contributed by atoms with Crippen LogP contribution in [-0.2, 0) is 0 Å². The zero-order valence-electron chi connectivity index (χ0n) is 21.1. The van der Waals surface area contributed by atoms with Crippen molar-refractivity contribution in [3.05, 3.63) is 131 Å². The Labute approximate surface area is 229 Å². The number of rotatable bonds is 6. The second-order valence-corrected chi connectivity index (χ2v) is 9.62. The van der Waals surface area contributed by atoms with Crippen LogP contribution in [-0.4, -0.2) is 17.8 Å². The Morgan fingerprint density at radius 1 is 0.568 bits per heavy atom. The van der Waals surface area contributed by atoms with Crippen LogP contribution >= 0.6 is 23.2 Å². The Kier molecular flexibility index (Phi) is 9.48. The fourth-order valence-electron chi connectivity index (χ4n) is 4.51. The van der Waals surface area contributed by atoms with Crippen molar-refractivity contribution in [2.24, 2.45) is 9.98 Å². The molecule has 37 heavy (non-hydrogen) atoms. The van der Waals surface area contributed by atoms with Crippen molar-refractivity contribution >= 4 is 57.2 Å². The van der Waals surface area contributed by atoms with E-state index in [2.05, 4.69) is 123 Å². The average Bonchev–Trinajstić information content (AvgIpc) is 2.94. The maximum absolute atomic E-state index is 4.86. The third-order valence-electron chi connectivity index (χ3n) is 6.35. The molecule has 0 saturated carbocycles. The lowest BCUT2D eigenvalue weighted by Crippen LogP contribution is -1.95. The van der Waals surface area contributed by atoms with E-state index in [1.54, 1.807) is 0 Å². The highest BCUT2D eigenvalue weighted by atomic mass is 35.5. The highest BCUT2D eigenvalue weighted by Crippen LogP contribution is 2.27. The standard InChI is InChI=1S/C32H28N2.CH2Cl2/c1-23(29-18-8-14-27-12-3-5-16-31(27)29)33-21-25-10-7-11-26(20-25)22-34-24(2)30-19-9-15-28-13-4-6-17-32(28)30;2-1-3/h3-24H,1-2H3;1H2/t23-,24-;/m0./s1. The minimum absolute atomic E-state index is 0.0785. The van der Waals surface area contributed by atoms with Gasteiger partial charge in [-0.25, -0.2) is 0 Å². The van der Waals surface area contributed by atoms with E-state index in [0.717, 1.165) is 11.1 Å². The molecule has 5 aromatic carbocycles. The van der Waals surface area contributed by atoms with Crippen molar-refractivity contribution in [2.75, 3.05) is 5.34 Å². The van der Waals surface area contributed by atoms with Crippen LogP contribution in [0.1, 0.15) is 48.2 Å². The van der Waals surface area contributed by atoms with Crippen molar-refractivity contribution in [2.45, 2.75) is 25.9 Å². The lowest BCUT2D eigenvalue weighted by Gasteiger charge is -2.11. The van der Waals surface area contributed by atoms with Crippen LogP contribution in [0.3, 0.4) is 0 Å². The maximum atomic E-state index is 4.86. The number of hydrogen-bond donors (Lipinski definition) is 0. The Balaban J connectivity index is 0.00000102. The van der Waals surface area contributed by atoms with Gasteiger partial charge >= 0.3 is 0 Å². The lowest BCUT2D eigenvalue weighted by atomic mass is 10.00. The van der Waals surface area contributed by atoms with Crippen LogP contribution in [0.15, 0.2) is 119 Å². The van der Waals surface area contributed by atoms with Crippen LogP contribution in [0.4, 0.5) is 0 Å². The molecule has 0 aliphatic heterocycles.